The highest BCUT2D eigenvalue weighted by Crippen LogP contribution is 2.45. The molecule has 1 heterocycles. The Morgan fingerprint density at radius 1 is 0.976 bits per heavy atom. The van der Waals surface area contributed by atoms with Crippen molar-refractivity contribution >= 4 is 29.2 Å². The summed E-state index contributed by atoms with van der Waals surface area (Å²) in [5.41, 5.74) is 9.50. The maximum Gasteiger partial charge on any atom is 0.315 e. The van der Waals surface area contributed by atoms with E-state index in [1.165, 1.54) is 0 Å². The number of ether oxygens (including phenoxy) is 4. The molecule has 1 atom stereocenters. The van der Waals surface area contributed by atoms with Crippen LogP contribution in [-0.2, 0) is 17.8 Å². The van der Waals surface area contributed by atoms with E-state index in [2.05, 4.69) is 6.07 Å². The second kappa shape index (κ2) is 12.9. The second-order valence-electron chi connectivity index (χ2n) is 9.42. The number of halogens is 2. The molecule has 0 spiro atoms. The van der Waals surface area contributed by atoms with E-state index in [4.69, 9.17) is 47.9 Å². The molecule has 5 rings (SSSR count). The fraction of sp³-hybridized carbons (Fsp3) is 0.152. The molecule has 0 saturated carbocycles. The van der Waals surface area contributed by atoms with Crippen LogP contribution in [0.5, 0.6) is 23.0 Å². The fourth-order valence-corrected chi connectivity index (χ4v) is 5.12. The number of benzene rings is 4. The maximum atomic E-state index is 12.5. The number of esters is 1. The highest BCUT2D eigenvalue weighted by atomic mass is 35.5. The second-order valence-corrected chi connectivity index (χ2v) is 10.3. The topological polar surface area (TPSA) is 104 Å². The number of nitrogens with two attached hydrogens (primary N) is 1. The molecule has 0 aliphatic carbocycles. The lowest BCUT2D eigenvalue weighted by Crippen LogP contribution is -2.21. The molecule has 0 saturated heterocycles. The number of rotatable bonds is 9. The third-order valence-electron chi connectivity index (χ3n) is 6.61. The number of carbonyl (C=O) groups is 1. The summed E-state index contributed by atoms with van der Waals surface area (Å²) in [4.78, 5) is 12.5. The minimum absolute atomic E-state index is 0.0292. The first-order valence-corrected chi connectivity index (χ1v) is 13.9. The maximum absolute atomic E-state index is 12.5. The molecule has 7 nitrogen and oxygen atoms in total. The van der Waals surface area contributed by atoms with E-state index in [9.17, 15) is 10.1 Å². The lowest BCUT2D eigenvalue weighted by molar-refractivity contribution is -0.133. The van der Waals surface area contributed by atoms with E-state index < -0.39 is 11.9 Å². The molecule has 0 fully saturated rings. The minimum atomic E-state index is -0.549. The molecule has 0 radical (unpaired) electrons. The summed E-state index contributed by atoms with van der Waals surface area (Å²) in [6.07, 6.45) is 0.126. The van der Waals surface area contributed by atoms with Crippen molar-refractivity contribution in [1.29, 1.82) is 5.26 Å². The van der Waals surface area contributed by atoms with Gasteiger partial charge in [-0.3, -0.25) is 4.79 Å². The lowest BCUT2D eigenvalue weighted by Gasteiger charge is -2.27. The summed E-state index contributed by atoms with van der Waals surface area (Å²) < 4.78 is 23.3. The molecule has 4 aromatic rings. The Kier molecular flexibility index (Phi) is 8.87. The number of nitrogens with zero attached hydrogens (tertiary/aromatic N) is 1. The van der Waals surface area contributed by atoms with Gasteiger partial charge in [-0.2, -0.15) is 5.26 Å². The van der Waals surface area contributed by atoms with E-state index in [1.807, 2.05) is 49.4 Å². The van der Waals surface area contributed by atoms with E-state index >= 15 is 0 Å². The van der Waals surface area contributed by atoms with Gasteiger partial charge < -0.3 is 24.7 Å². The van der Waals surface area contributed by atoms with Crippen LogP contribution in [0, 0.1) is 11.3 Å². The monoisotopic (exact) mass is 600 g/mol. The van der Waals surface area contributed by atoms with Crippen molar-refractivity contribution in [3.8, 4) is 29.1 Å². The first kappa shape index (κ1) is 28.9. The van der Waals surface area contributed by atoms with Gasteiger partial charge in [0.15, 0.2) is 11.5 Å². The molecule has 1 unspecified atom stereocenters. The van der Waals surface area contributed by atoms with Gasteiger partial charge >= 0.3 is 5.97 Å². The van der Waals surface area contributed by atoms with Crippen LogP contribution in [0.3, 0.4) is 0 Å². The zero-order chi connectivity index (χ0) is 29.6. The van der Waals surface area contributed by atoms with Gasteiger partial charge in [0.2, 0.25) is 5.88 Å². The molecular formula is C33H26Cl2N2O5. The molecule has 0 aromatic heterocycles. The Morgan fingerprint density at radius 3 is 2.52 bits per heavy atom. The van der Waals surface area contributed by atoms with Gasteiger partial charge in [-0.05, 0) is 48.4 Å². The number of fused-ring (bicyclic) bond motifs is 1. The third-order valence-corrected chi connectivity index (χ3v) is 7.20. The van der Waals surface area contributed by atoms with Gasteiger partial charge in [0.25, 0.3) is 0 Å². The van der Waals surface area contributed by atoms with Crippen LogP contribution in [0.2, 0.25) is 10.0 Å². The summed E-state index contributed by atoms with van der Waals surface area (Å²) in [5.74, 6) is 0.709. The first-order valence-electron chi connectivity index (χ1n) is 13.2. The van der Waals surface area contributed by atoms with Crippen molar-refractivity contribution in [2.24, 2.45) is 5.73 Å². The first-order chi connectivity index (χ1) is 20.4. The number of carbonyl (C=O) groups excluding carboxylic acids is 1. The highest BCUT2D eigenvalue weighted by Gasteiger charge is 2.32. The van der Waals surface area contributed by atoms with E-state index in [1.54, 1.807) is 42.5 Å². The zero-order valence-electron chi connectivity index (χ0n) is 22.6. The molecule has 1 aliphatic rings. The van der Waals surface area contributed by atoms with Crippen LogP contribution in [0.4, 0.5) is 0 Å². The van der Waals surface area contributed by atoms with Crippen molar-refractivity contribution in [2.45, 2.75) is 25.9 Å². The van der Waals surface area contributed by atoms with Gasteiger partial charge in [0.05, 0.1) is 18.9 Å². The third kappa shape index (κ3) is 6.46. The molecule has 0 bridgehead atoms. The Morgan fingerprint density at radius 2 is 1.79 bits per heavy atom. The van der Waals surface area contributed by atoms with Crippen LogP contribution in [0.25, 0.3) is 0 Å². The van der Waals surface area contributed by atoms with Crippen molar-refractivity contribution in [2.75, 3.05) is 6.61 Å². The van der Waals surface area contributed by atoms with Crippen LogP contribution >= 0.6 is 23.2 Å². The predicted octanol–water partition coefficient (Wildman–Crippen LogP) is 7.34. The zero-order valence-corrected chi connectivity index (χ0v) is 24.1. The molecule has 212 valence electrons. The molecular weight excluding hydrogens is 575 g/mol. The summed E-state index contributed by atoms with van der Waals surface area (Å²) in [7, 11) is 0. The summed E-state index contributed by atoms with van der Waals surface area (Å²) in [6, 6.07) is 27.2. The fourth-order valence-electron chi connectivity index (χ4n) is 4.66. The molecule has 42 heavy (non-hydrogen) atoms. The van der Waals surface area contributed by atoms with Gasteiger partial charge in [0.1, 0.15) is 29.7 Å². The van der Waals surface area contributed by atoms with Gasteiger partial charge in [-0.1, -0.05) is 71.7 Å². The van der Waals surface area contributed by atoms with Crippen LogP contribution in [0.15, 0.2) is 96.4 Å². The Bertz CT molecular complexity index is 1700. The van der Waals surface area contributed by atoms with E-state index in [0.717, 1.165) is 16.7 Å². The Balaban J connectivity index is 1.42. The number of hydrogen-bond acceptors (Lipinski definition) is 7. The van der Waals surface area contributed by atoms with Crippen LogP contribution in [0.1, 0.15) is 35.1 Å². The van der Waals surface area contributed by atoms with E-state index in [-0.39, 0.29) is 24.5 Å². The Labute approximate surface area is 253 Å². The van der Waals surface area contributed by atoms with Crippen LogP contribution in [-0.4, -0.2) is 12.6 Å². The molecule has 1 aliphatic heterocycles. The number of hydrogen-bond donors (Lipinski definition) is 1. The normalized spacial score (nSPS) is 13.9. The number of nitriles is 1. The van der Waals surface area contributed by atoms with Gasteiger partial charge in [0, 0.05) is 27.2 Å². The summed E-state index contributed by atoms with van der Waals surface area (Å²) in [5, 5.41) is 11.0. The minimum Gasteiger partial charge on any atom is -0.490 e. The number of allylic oxidation sites excluding steroid dienone is 1. The lowest BCUT2D eigenvalue weighted by atomic mass is 9.83. The summed E-state index contributed by atoms with van der Waals surface area (Å²) in [6.45, 7) is 2.47. The SMILES string of the molecule is CCOc1cc(C2C(C#N)=C(N)Oc3cc(OC(=O)Cc4ccccc4)ccc32)ccc1OCc1ccc(Cl)cc1Cl. The predicted molar refractivity (Wildman–Crippen MR) is 160 cm³/mol. The molecule has 0 amide bonds. The summed E-state index contributed by atoms with van der Waals surface area (Å²) >= 11 is 12.3. The van der Waals surface area contributed by atoms with E-state index in [0.29, 0.717) is 45.2 Å². The Hall–Kier alpha value is -4.64. The average Bonchev–Trinajstić information content (AvgIpc) is 2.97. The van der Waals surface area contributed by atoms with Crippen LogP contribution < -0.4 is 24.7 Å². The van der Waals surface area contributed by atoms with Crippen molar-refractivity contribution in [3.63, 3.8) is 0 Å². The average molecular weight is 601 g/mol. The largest absolute Gasteiger partial charge is 0.490 e. The standard InChI is InChI=1S/C33H26Cl2N2O5/c1-2-39-30-15-21(9-13-28(30)40-19-22-8-10-23(34)16-27(22)35)32-25-12-11-24(17-29(25)42-33(37)26(32)18-36)41-31(38)14-20-6-4-3-5-7-20/h3-13,15-17,32H,2,14,19,37H2,1H3. The molecule has 9 heteroatoms. The molecule has 4 aromatic carbocycles. The van der Waals surface area contributed by atoms with Gasteiger partial charge in [-0.15, -0.1) is 0 Å². The smallest absolute Gasteiger partial charge is 0.315 e. The molecule has 2 N–H and O–H groups in total. The highest BCUT2D eigenvalue weighted by molar-refractivity contribution is 6.35. The van der Waals surface area contributed by atoms with Crippen molar-refractivity contribution in [3.05, 3.63) is 129 Å². The quantitative estimate of drug-likeness (QED) is 0.158. The van der Waals surface area contributed by atoms with Crippen molar-refractivity contribution in [1.82, 2.24) is 0 Å². The van der Waals surface area contributed by atoms with Gasteiger partial charge in [-0.25, -0.2) is 0 Å². The van der Waals surface area contributed by atoms with Crippen molar-refractivity contribution < 1.29 is 23.7 Å².